The Kier molecular flexibility index (Phi) is 404. The molecule has 0 heterocycles. The first-order valence-corrected chi connectivity index (χ1v) is 2.97. The summed E-state index contributed by atoms with van der Waals surface area (Å²) in [4.78, 5) is 0. The Morgan fingerprint density at radius 2 is 0.889 bits per heavy atom. The van der Waals surface area contributed by atoms with Gasteiger partial charge in [0.25, 0.3) is 0 Å². The Balaban J connectivity index is -0.0000000202. The van der Waals surface area contributed by atoms with E-state index in [0.717, 1.165) is 0 Å². The minimum Gasteiger partial charge on any atom is -0.269 e. The van der Waals surface area contributed by atoms with Crippen LogP contribution in [0.1, 0.15) is 27.7 Å². The molecule has 0 saturated carbocycles. The molecule has 1 heteroatoms. The molecule has 58 valence electrons. The molecule has 0 aliphatic carbocycles. The van der Waals surface area contributed by atoms with E-state index >= 15 is 0 Å². The van der Waals surface area contributed by atoms with Crippen molar-refractivity contribution in [2.24, 2.45) is 0 Å². The molecule has 9 heavy (non-hydrogen) atoms. The minimum atomic E-state index is 0. The van der Waals surface area contributed by atoms with Gasteiger partial charge in [-0.2, -0.15) is 0 Å². The normalized spacial score (nSPS) is 3.56. The molecule has 0 saturated heterocycles. The van der Waals surface area contributed by atoms with E-state index < -0.39 is 0 Å². The molecule has 0 bridgehead atoms. The van der Waals surface area contributed by atoms with Crippen LogP contribution in [0.25, 0.3) is 0 Å². The minimum absolute atomic E-state index is 0. The van der Waals surface area contributed by atoms with Gasteiger partial charge in [0.2, 0.25) is 0 Å². The summed E-state index contributed by atoms with van der Waals surface area (Å²) in [7, 11) is 0. The molecule has 0 unspecified atom stereocenters. The molecule has 0 fully saturated rings. The summed E-state index contributed by atoms with van der Waals surface area (Å²) in [5.41, 5.74) is 0. The Morgan fingerprint density at radius 1 is 0.889 bits per heavy atom. The van der Waals surface area contributed by atoms with E-state index in [4.69, 9.17) is 0 Å². The van der Waals surface area contributed by atoms with E-state index in [9.17, 15) is 0 Å². The van der Waals surface area contributed by atoms with Crippen molar-refractivity contribution in [2.75, 3.05) is 0 Å². The summed E-state index contributed by atoms with van der Waals surface area (Å²) in [5.74, 6) is 0. The Hall–Kier alpha value is -0.590. The third-order valence-corrected chi connectivity index (χ3v) is 0. The molecule has 0 rings (SSSR count). The highest BCUT2D eigenvalue weighted by Gasteiger charge is 1.15. The maximum atomic E-state index is 3.36. The van der Waals surface area contributed by atoms with Crippen LogP contribution in [0, 0.1) is 0 Å². The summed E-state index contributed by atoms with van der Waals surface area (Å²) >= 11 is 0. The van der Waals surface area contributed by atoms with Crippen LogP contribution in [0.5, 0.6) is 0 Å². The van der Waals surface area contributed by atoms with E-state index in [1.807, 2.05) is 27.7 Å². The van der Waals surface area contributed by atoms with Gasteiger partial charge < -0.3 is 0 Å². The van der Waals surface area contributed by atoms with Gasteiger partial charge in [-0.3, -0.25) is 4.70 Å². The van der Waals surface area contributed by atoms with Crippen molar-refractivity contribution in [2.45, 2.75) is 27.7 Å². The molecule has 0 N–H and O–H groups in total. The quantitative estimate of drug-likeness (QED) is 0.444. The predicted molar refractivity (Wildman–Crippen MR) is 45.6 cm³/mol. The zero-order chi connectivity index (χ0) is 7.41. The van der Waals surface area contributed by atoms with E-state index in [1.54, 1.807) is 12.2 Å². The van der Waals surface area contributed by atoms with Crippen LogP contribution < -0.4 is 0 Å². The third-order valence-electron chi connectivity index (χ3n) is 0. The maximum Gasteiger partial charge on any atom is -0.0473 e. The molecule has 0 nitrogen and oxygen atoms in total. The Bertz CT molecular complexity index is 25.5. The monoisotopic (exact) mass is 134 g/mol. The van der Waals surface area contributed by atoms with Gasteiger partial charge in [0.15, 0.2) is 0 Å². The van der Waals surface area contributed by atoms with Crippen molar-refractivity contribution in [3.05, 3.63) is 25.3 Å². The fourth-order valence-corrected chi connectivity index (χ4v) is 0. The Morgan fingerprint density at radius 3 is 0.889 bits per heavy atom. The summed E-state index contributed by atoms with van der Waals surface area (Å²) in [6.07, 6.45) is 3.50. The van der Waals surface area contributed by atoms with Gasteiger partial charge in [-0.05, 0) is 13.8 Å². The maximum absolute atomic E-state index is 3.36. The summed E-state index contributed by atoms with van der Waals surface area (Å²) in [6.45, 7) is 14.5. The van der Waals surface area contributed by atoms with Gasteiger partial charge in [0.05, 0.1) is 0 Å². The zero-order valence-electron chi connectivity index (χ0n) is 6.98. The van der Waals surface area contributed by atoms with Crippen molar-refractivity contribution >= 4 is 0 Å². The average molecular weight is 134 g/mol. The van der Waals surface area contributed by atoms with Crippen molar-refractivity contribution in [3.8, 4) is 0 Å². The van der Waals surface area contributed by atoms with Crippen LogP contribution in [0.15, 0.2) is 25.3 Å². The first kappa shape index (κ1) is 23.7. The molecule has 0 amide bonds. The second kappa shape index (κ2) is 153. The Labute approximate surface area is 58.7 Å². The van der Waals surface area contributed by atoms with Crippen molar-refractivity contribution in [1.29, 1.82) is 0 Å². The molecule has 0 aromatic carbocycles. The molecule has 0 radical (unpaired) electrons. The first-order valence-electron chi connectivity index (χ1n) is 2.97. The highest BCUT2D eigenvalue weighted by atomic mass is 19.0. The summed E-state index contributed by atoms with van der Waals surface area (Å²) in [6, 6.07) is 0. The van der Waals surface area contributed by atoms with Gasteiger partial charge in [-0.15, -0.1) is 13.2 Å². The van der Waals surface area contributed by atoms with Crippen LogP contribution >= 0.6 is 0 Å². The van der Waals surface area contributed by atoms with E-state index in [0.29, 0.717) is 0 Å². The lowest BCUT2D eigenvalue weighted by molar-refractivity contribution is 1.11. The molecule has 0 aliphatic heterocycles. The van der Waals surface area contributed by atoms with E-state index in [1.165, 1.54) is 0 Å². The number of allylic oxidation sites excluding steroid dienone is 2. The molecule has 0 aliphatic rings. The van der Waals surface area contributed by atoms with E-state index in [2.05, 4.69) is 13.2 Å². The van der Waals surface area contributed by atoms with Gasteiger partial charge in [0, 0.05) is 0 Å². The predicted octanol–water partition coefficient (Wildman–Crippen LogP) is 3.56. The van der Waals surface area contributed by atoms with Gasteiger partial charge in [-0.1, -0.05) is 26.0 Å². The number of rotatable bonds is 0. The molecule has 0 aromatic heterocycles. The molecular formula is C8H19F. The van der Waals surface area contributed by atoms with Crippen molar-refractivity contribution < 1.29 is 4.70 Å². The lowest BCUT2D eigenvalue weighted by Crippen LogP contribution is -1.07. The highest BCUT2D eigenvalue weighted by Crippen LogP contribution is 1.38. The average Bonchev–Trinajstić information content (AvgIpc) is 1.75. The van der Waals surface area contributed by atoms with Gasteiger partial charge >= 0.3 is 0 Å². The molecular weight excluding hydrogens is 115 g/mol. The fourth-order valence-electron chi connectivity index (χ4n) is 0. The second-order valence-electron chi connectivity index (χ2n) is 0.816. The smallest absolute Gasteiger partial charge is 0.0473 e. The van der Waals surface area contributed by atoms with Crippen LogP contribution in [0.3, 0.4) is 0 Å². The lowest BCUT2D eigenvalue weighted by Gasteiger charge is -1.31. The topological polar surface area (TPSA) is 0 Å². The van der Waals surface area contributed by atoms with Gasteiger partial charge in [-0.25, -0.2) is 0 Å². The number of halogens is 1. The number of hydrogen-bond acceptors (Lipinski definition) is 0. The summed E-state index contributed by atoms with van der Waals surface area (Å²) < 4.78 is 0. The summed E-state index contributed by atoms with van der Waals surface area (Å²) in [5, 5.41) is 0. The van der Waals surface area contributed by atoms with Crippen LogP contribution in [0.2, 0.25) is 0 Å². The SMILES string of the molecule is C=CC.C=CC.CC.F. The van der Waals surface area contributed by atoms with Crippen LogP contribution in [-0.4, -0.2) is 0 Å². The number of hydrogen-bond donors (Lipinski definition) is 0. The third kappa shape index (κ3) is 623. The second-order valence-corrected chi connectivity index (χ2v) is 0.816. The van der Waals surface area contributed by atoms with Gasteiger partial charge in [0.1, 0.15) is 0 Å². The standard InChI is InChI=1S/2C3H6.C2H6.FH/c2*1-3-2;1-2;/h2*3H,1H2,2H3;1-2H3;1H. The van der Waals surface area contributed by atoms with Crippen LogP contribution in [0.4, 0.5) is 4.70 Å². The molecule has 0 spiro atoms. The largest absolute Gasteiger partial charge is 0.269 e. The highest BCUT2D eigenvalue weighted by molar-refractivity contribution is 4.51. The van der Waals surface area contributed by atoms with Crippen LogP contribution in [-0.2, 0) is 0 Å². The zero-order valence-corrected chi connectivity index (χ0v) is 6.98. The fraction of sp³-hybridized carbons (Fsp3) is 0.500. The van der Waals surface area contributed by atoms with E-state index in [-0.39, 0.29) is 4.70 Å². The first-order chi connectivity index (χ1) is 3.83. The lowest BCUT2D eigenvalue weighted by atomic mass is 10.8. The molecule has 0 atom stereocenters. The van der Waals surface area contributed by atoms with Crippen molar-refractivity contribution in [1.82, 2.24) is 0 Å². The molecule has 0 aromatic rings. The van der Waals surface area contributed by atoms with Crippen molar-refractivity contribution in [3.63, 3.8) is 0 Å².